The van der Waals surface area contributed by atoms with Crippen LogP contribution in [0.2, 0.25) is 10.0 Å². The van der Waals surface area contributed by atoms with Crippen LogP contribution in [-0.4, -0.2) is 46.0 Å². The first-order valence-corrected chi connectivity index (χ1v) is 10.9. The van der Waals surface area contributed by atoms with Crippen LogP contribution in [0.15, 0.2) is 54.7 Å². The van der Waals surface area contributed by atoms with Gasteiger partial charge in [-0.3, -0.25) is 4.79 Å². The van der Waals surface area contributed by atoms with E-state index < -0.39 is 6.04 Å². The van der Waals surface area contributed by atoms with Crippen LogP contribution in [0.5, 0.6) is 0 Å². The van der Waals surface area contributed by atoms with E-state index in [9.17, 15) is 15.0 Å². The van der Waals surface area contributed by atoms with Gasteiger partial charge in [-0.1, -0.05) is 54.4 Å². The Bertz CT molecular complexity index is 1060. The number of carbonyl (C=O) groups is 1. The molecule has 32 heavy (non-hydrogen) atoms. The van der Waals surface area contributed by atoms with Crippen molar-refractivity contribution in [3.05, 3.63) is 75.9 Å². The lowest BCUT2D eigenvalue weighted by Gasteiger charge is -2.19. The van der Waals surface area contributed by atoms with Crippen molar-refractivity contribution in [1.82, 2.24) is 15.3 Å². The molecule has 7 nitrogen and oxygen atoms in total. The molecule has 168 valence electrons. The zero-order valence-electron chi connectivity index (χ0n) is 17.5. The summed E-state index contributed by atoms with van der Waals surface area (Å²) >= 11 is 12.3. The number of aromatic nitrogens is 2. The number of hydrogen-bond donors (Lipinski definition) is 3. The van der Waals surface area contributed by atoms with Gasteiger partial charge in [0.1, 0.15) is 6.73 Å². The summed E-state index contributed by atoms with van der Waals surface area (Å²) in [6, 6.07) is 13.2. The molecule has 3 aromatic rings. The van der Waals surface area contributed by atoms with Crippen molar-refractivity contribution in [3.63, 3.8) is 0 Å². The molecule has 0 saturated heterocycles. The highest BCUT2D eigenvalue weighted by Gasteiger charge is 2.17. The van der Waals surface area contributed by atoms with Gasteiger partial charge in [-0.25, -0.2) is 9.97 Å². The van der Waals surface area contributed by atoms with Crippen molar-refractivity contribution in [2.75, 3.05) is 24.8 Å². The summed E-state index contributed by atoms with van der Waals surface area (Å²) in [5.74, 6) is 0.0438. The van der Waals surface area contributed by atoms with Crippen molar-refractivity contribution in [3.8, 4) is 11.3 Å². The molecule has 9 heteroatoms. The molecule has 0 spiro atoms. The number of amides is 1. The number of rotatable bonds is 9. The maximum atomic E-state index is 12.7. The second-order valence-electron chi connectivity index (χ2n) is 7.11. The largest absolute Gasteiger partial charge is 0.394 e. The third-order valence-electron chi connectivity index (χ3n) is 4.84. The normalized spacial score (nSPS) is 11.8. The summed E-state index contributed by atoms with van der Waals surface area (Å²) in [7, 11) is 0. The number of aliphatic hydroxyl groups is 2. The molecule has 0 fully saturated rings. The molecule has 0 saturated carbocycles. The van der Waals surface area contributed by atoms with Crippen LogP contribution in [0.4, 0.5) is 5.95 Å². The fourth-order valence-electron chi connectivity index (χ4n) is 3.20. The van der Waals surface area contributed by atoms with Gasteiger partial charge in [0.05, 0.1) is 29.6 Å². The van der Waals surface area contributed by atoms with Gasteiger partial charge in [0.2, 0.25) is 5.95 Å². The van der Waals surface area contributed by atoms with Crippen molar-refractivity contribution >= 4 is 35.1 Å². The number of aliphatic hydroxyl groups excluding tert-OH is 2. The lowest BCUT2D eigenvalue weighted by Crippen LogP contribution is -2.30. The minimum absolute atomic E-state index is 0.202. The Morgan fingerprint density at radius 1 is 1.16 bits per heavy atom. The molecule has 1 unspecified atom stereocenters. The molecule has 1 amide bonds. The van der Waals surface area contributed by atoms with Gasteiger partial charge < -0.3 is 20.4 Å². The molecular formula is C23H24Cl2N4O3. The smallest absolute Gasteiger partial charge is 0.251 e. The van der Waals surface area contributed by atoms with Crippen LogP contribution in [-0.2, 0) is 0 Å². The Hall–Kier alpha value is -2.71. The monoisotopic (exact) mass is 474 g/mol. The number of halogens is 2. The first-order valence-electron chi connectivity index (χ1n) is 10.1. The van der Waals surface area contributed by atoms with Crippen LogP contribution in [0, 0.1) is 0 Å². The second-order valence-corrected chi connectivity index (χ2v) is 7.96. The van der Waals surface area contributed by atoms with E-state index in [1.54, 1.807) is 53.4 Å². The summed E-state index contributed by atoms with van der Waals surface area (Å²) in [5.41, 5.74) is 2.34. The molecule has 1 heterocycles. The third kappa shape index (κ3) is 5.75. The Labute approximate surface area is 196 Å². The third-order valence-corrected chi connectivity index (χ3v) is 5.35. The topological polar surface area (TPSA) is 98.6 Å². The van der Waals surface area contributed by atoms with E-state index in [0.717, 1.165) is 6.42 Å². The van der Waals surface area contributed by atoms with E-state index in [1.165, 1.54) is 6.20 Å². The molecule has 0 aliphatic heterocycles. The van der Waals surface area contributed by atoms with E-state index in [-0.39, 0.29) is 19.2 Å². The van der Waals surface area contributed by atoms with Gasteiger partial charge in [-0.2, -0.15) is 0 Å². The fourth-order valence-corrected chi connectivity index (χ4v) is 3.59. The zero-order chi connectivity index (χ0) is 23.1. The average molecular weight is 475 g/mol. The first kappa shape index (κ1) is 23.9. The number of nitrogens with one attached hydrogen (secondary N) is 1. The quantitative estimate of drug-likeness (QED) is 0.404. The predicted molar refractivity (Wildman–Crippen MR) is 126 cm³/mol. The van der Waals surface area contributed by atoms with E-state index in [1.807, 2.05) is 6.92 Å². The molecule has 0 aliphatic rings. The van der Waals surface area contributed by atoms with Gasteiger partial charge >= 0.3 is 0 Å². The van der Waals surface area contributed by atoms with Crippen LogP contribution in [0.25, 0.3) is 11.3 Å². The molecule has 1 atom stereocenters. The van der Waals surface area contributed by atoms with Gasteiger partial charge in [-0.05, 0) is 36.2 Å². The minimum atomic E-state index is -0.581. The molecule has 3 rings (SSSR count). The number of hydrogen-bond acceptors (Lipinski definition) is 6. The first-order chi connectivity index (χ1) is 15.5. The van der Waals surface area contributed by atoms with Crippen LogP contribution in [0.3, 0.4) is 0 Å². The summed E-state index contributed by atoms with van der Waals surface area (Å²) in [6.07, 6.45) is 2.32. The lowest BCUT2D eigenvalue weighted by atomic mass is 10.1. The van der Waals surface area contributed by atoms with Crippen molar-refractivity contribution in [2.45, 2.75) is 19.4 Å². The summed E-state index contributed by atoms with van der Waals surface area (Å²) in [5, 5.41) is 23.0. The minimum Gasteiger partial charge on any atom is -0.394 e. The number of nitrogens with zero attached hydrogens (tertiary/aromatic N) is 3. The van der Waals surface area contributed by atoms with Gasteiger partial charge in [0.25, 0.3) is 5.91 Å². The highest BCUT2D eigenvalue weighted by molar-refractivity contribution is 6.33. The predicted octanol–water partition coefficient (Wildman–Crippen LogP) is 4.08. The van der Waals surface area contributed by atoms with E-state index in [0.29, 0.717) is 44.9 Å². The van der Waals surface area contributed by atoms with Crippen LogP contribution in [0.1, 0.15) is 35.3 Å². The van der Waals surface area contributed by atoms with Crippen molar-refractivity contribution in [2.24, 2.45) is 0 Å². The van der Waals surface area contributed by atoms with Crippen molar-refractivity contribution < 1.29 is 15.0 Å². The molecule has 0 bridgehead atoms. The van der Waals surface area contributed by atoms with Crippen LogP contribution >= 0.6 is 23.2 Å². The lowest BCUT2D eigenvalue weighted by molar-refractivity contribution is 0.0916. The van der Waals surface area contributed by atoms with Gasteiger partial charge in [0, 0.05) is 22.7 Å². The SMILES string of the molecule is CCCN(CO)c1ncc(Cl)c(-c2ccc(C(=O)NC(CO)c3cccc(Cl)c3)cc2)n1. The average Bonchev–Trinajstić information content (AvgIpc) is 2.81. The molecule has 0 radical (unpaired) electrons. The maximum absolute atomic E-state index is 12.7. The standard InChI is InChI=1S/C23H24Cl2N4O3/c1-2-10-29(14-31)23-26-12-19(25)21(28-23)15-6-8-16(9-7-15)22(32)27-20(13-30)17-4-3-5-18(24)11-17/h3-9,11-12,20,30-31H,2,10,13-14H2,1H3,(H,27,32). The summed E-state index contributed by atoms with van der Waals surface area (Å²) in [6.45, 7) is 2.14. The van der Waals surface area contributed by atoms with E-state index in [4.69, 9.17) is 23.2 Å². The molecule has 0 aliphatic carbocycles. The Morgan fingerprint density at radius 3 is 2.53 bits per heavy atom. The van der Waals surface area contributed by atoms with Crippen molar-refractivity contribution in [1.29, 1.82) is 0 Å². The fraction of sp³-hybridized carbons (Fsp3) is 0.261. The Kier molecular flexibility index (Phi) is 8.41. The molecular weight excluding hydrogens is 451 g/mol. The number of benzene rings is 2. The molecule has 1 aromatic heterocycles. The van der Waals surface area contributed by atoms with Gasteiger partial charge in [0.15, 0.2) is 0 Å². The van der Waals surface area contributed by atoms with E-state index in [2.05, 4.69) is 15.3 Å². The van der Waals surface area contributed by atoms with Crippen LogP contribution < -0.4 is 10.2 Å². The highest BCUT2D eigenvalue weighted by atomic mass is 35.5. The zero-order valence-corrected chi connectivity index (χ0v) is 19.0. The van der Waals surface area contributed by atoms with E-state index >= 15 is 0 Å². The Balaban J connectivity index is 1.79. The maximum Gasteiger partial charge on any atom is 0.251 e. The summed E-state index contributed by atoms with van der Waals surface area (Å²) in [4.78, 5) is 23.0. The van der Waals surface area contributed by atoms with Gasteiger partial charge in [-0.15, -0.1) is 0 Å². The Morgan fingerprint density at radius 2 is 1.91 bits per heavy atom. The second kappa shape index (κ2) is 11.2. The number of carbonyl (C=O) groups excluding carboxylic acids is 1. The number of anilines is 1. The summed E-state index contributed by atoms with van der Waals surface area (Å²) < 4.78 is 0. The highest BCUT2D eigenvalue weighted by Crippen LogP contribution is 2.27. The molecule has 2 aromatic carbocycles. The molecule has 3 N–H and O–H groups in total.